The highest BCUT2D eigenvalue weighted by Gasteiger charge is 2.12. The van der Waals surface area contributed by atoms with E-state index in [0.717, 1.165) is 4.47 Å². The Morgan fingerprint density at radius 2 is 1.78 bits per heavy atom. The molecule has 8 heteroatoms. The third-order valence-electron chi connectivity index (χ3n) is 2.93. The maximum Gasteiger partial charge on any atom is 0.276 e. The molecule has 0 heterocycles. The lowest BCUT2D eigenvalue weighted by molar-refractivity contribution is 0.354. The molecule has 0 saturated heterocycles. The van der Waals surface area contributed by atoms with Gasteiger partial charge in [-0.05, 0) is 36.4 Å². The standard InChI is InChI=1S/C15H15BrN2O4S/c1-21-14-5-3-4-11(15(14)22-2)10-17-18-23(19,20)13-8-6-12(16)7-9-13/h3-10,18H,1-2H3. The molecule has 23 heavy (non-hydrogen) atoms. The molecule has 2 rings (SSSR count). The van der Waals surface area contributed by atoms with Gasteiger partial charge in [-0.1, -0.05) is 22.0 Å². The summed E-state index contributed by atoms with van der Waals surface area (Å²) in [6.07, 6.45) is 1.36. The Hall–Kier alpha value is -2.06. The normalized spacial score (nSPS) is 11.4. The van der Waals surface area contributed by atoms with Gasteiger partial charge in [0.2, 0.25) is 0 Å². The molecule has 0 aliphatic heterocycles. The van der Waals surface area contributed by atoms with Crippen LogP contribution in [0.2, 0.25) is 0 Å². The van der Waals surface area contributed by atoms with Crippen LogP contribution in [0.25, 0.3) is 0 Å². The number of benzene rings is 2. The van der Waals surface area contributed by atoms with Crippen LogP contribution in [0.1, 0.15) is 5.56 Å². The lowest BCUT2D eigenvalue weighted by Gasteiger charge is -2.09. The fourth-order valence-corrected chi connectivity index (χ4v) is 2.90. The van der Waals surface area contributed by atoms with Crippen LogP contribution in [-0.4, -0.2) is 28.9 Å². The maximum atomic E-state index is 12.1. The molecule has 0 unspecified atom stereocenters. The van der Waals surface area contributed by atoms with Crippen molar-refractivity contribution in [2.75, 3.05) is 14.2 Å². The summed E-state index contributed by atoms with van der Waals surface area (Å²) in [5.74, 6) is 1.01. The fourth-order valence-electron chi connectivity index (χ4n) is 1.85. The Morgan fingerprint density at radius 1 is 1.09 bits per heavy atom. The predicted molar refractivity (Wildman–Crippen MR) is 91.6 cm³/mol. The average Bonchev–Trinajstić information content (AvgIpc) is 2.54. The third-order valence-corrected chi connectivity index (χ3v) is 4.70. The lowest BCUT2D eigenvalue weighted by atomic mass is 10.2. The van der Waals surface area contributed by atoms with Gasteiger partial charge >= 0.3 is 0 Å². The van der Waals surface area contributed by atoms with E-state index in [1.807, 2.05) is 0 Å². The highest BCUT2D eigenvalue weighted by Crippen LogP contribution is 2.29. The maximum absolute atomic E-state index is 12.1. The van der Waals surface area contributed by atoms with E-state index in [2.05, 4.69) is 25.9 Å². The Labute approximate surface area is 143 Å². The first-order chi connectivity index (χ1) is 11.0. The average molecular weight is 399 g/mol. The van der Waals surface area contributed by atoms with Crippen molar-refractivity contribution >= 4 is 32.2 Å². The number of sulfonamides is 1. The lowest BCUT2D eigenvalue weighted by Crippen LogP contribution is -2.18. The van der Waals surface area contributed by atoms with Gasteiger partial charge in [0.25, 0.3) is 10.0 Å². The summed E-state index contributed by atoms with van der Waals surface area (Å²) in [7, 11) is -0.699. The molecule has 0 spiro atoms. The van der Waals surface area contributed by atoms with Gasteiger partial charge in [0.15, 0.2) is 11.5 Å². The Bertz CT molecular complexity index is 805. The number of para-hydroxylation sites is 1. The number of ether oxygens (including phenoxy) is 2. The van der Waals surface area contributed by atoms with Crippen molar-refractivity contribution in [1.29, 1.82) is 0 Å². The second-order valence-corrected chi connectivity index (χ2v) is 6.97. The van der Waals surface area contributed by atoms with Crippen molar-refractivity contribution in [2.45, 2.75) is 4.90 Å². The molecule has 0 aromatic heterocycles. The fraction of sp³-hybridized carbons (Fsp3) is 0.133. The van der Waals surface area contributed by atoms with Crippen molar-refractivity contribution in [3.8, 4) is 11.5 Å². The van der Waals surface area contributed by atoms with E-state index in [0.29, 0.717) is 17.1 Å². The summed E-state index contributed by atoms with van der Waals surface area (Å²) in [5.41, 5.74) is 0.588. The zero-order valence-electron chi connectivity index (χ0n) is 12.5. The number of hydrogen-bond donors (Lipinski definition) is 1. The van der Waals surface area contributed by atoms with Gasteiger partial charge in [0.05, 0.1) is 25.3 Å². The predicted octanol–water partition coefficient (Wildman–Crippen LogP) is 2.78. The van der Waals surface area contributed by atoms with Crippen LogP contribution in [0.3, 0.4) is 0 Å². The molecule has 2 aromatic rings. The molecule has 0 saturated carbocycles. The monoisotopic (exact) mass is 398 g/mol. The van der Waals surface area contributed by atoms with Crippen molar-refractivity contribution in [1.82, 2.24) is 4.83 Å². The van der Waals surface area contributed by atoms with Crippen LogP contribution < -0.4 is 14.3 Å². The minimum Gasteiger partial charge on any atom is -0.493 e. The SMILES string of the molecule is COc1cccc(C=NNS(=O)(=O)c2ccc(Br)cc2)c1OC. The highest BCUT2D eigenvalue weighted by molar-refractivity contribution is 9.10. The molecule has 0 aliphatic carbocycles. The van der Waals surface area contributed by atoms with Crippen LogP contribution in [0.15, 0.2) is 56.9 Å². The summed E-state index contributed by atoms with van der Waals surface area (Å²) in [5, 5.41) is 3.79. The minimum atomic E-state index is -3.72. The summed E-state index contributed by atoms with van der Waals surface area (Å²) in [6, 6.07) is 11.5. The van der Waals surface area contributed by atoms with Gasteiger partial charge in [0, 0.05) is 10.0 Å². The van der Waals surface area contributed by atoms with Gasteiger partial charge < -0.3 is 9.47 Å². The van der Waals surface area contributed by atoms with E-state index < -0.39 is 10.0 Å². The van der Waals surface area contributed by atoms with Crippen molar-refractivity contribution in [3.05, 3.63) is 52.5 Å². The van der Waals surface area contributed by atoms with Gasteiger partial charge in [-0.3, -0.25) is 0 Å². The first kappa shape index (κ1) is 17.3. The molecule has 0 fully saturated rings. The van der Waals surface area contributed by atoms with Crippen LogP contribution in [-0.2, 0) is 10.0 Å². The smallest absolute Gasteiger partial charge is 0.276 e. The molecule has 0 aliphatic rings. The molecule has 0 radical (unpaired) electrons. The molecule has 0 bridgehead atoms. The van der Waals surface area contributed by atoms with Crippen molar-refractivity contribution in [3.63, 3.8) is 0 Å². The van der Waals surface area contributed by atoms with Crippen molar-refractivity contribution < 1.29 is 17.9 Å². The van der Waals surface area contributed by atoms with E-state index in [1.54, 1.807) is 30.3 Å². The first-order valence-electron chi connectivity index (χ1n) is 6.49. The van der Waals surface area contributed by atoms with E-state index in [9.17, 15) is 8.42 Å². The largest absolute Gasteiger partial charge is 0.493 e. The van der Waals surface area contributed by atoms with E-state index in [-0.39, 0.29) is 4.90 Å². The number of methoxy groups -OCH3 is 2. The van der Waals surface area contributed by atoms with E-state index in [1.165, 1.54) is 32.6 Å². The minimum absolute atomic E-state index is 0.121. The Morgan fingerprint density at radius 3 is 2.39 bits per heavy atom. The van der Waals surface area contributed by atoms with Crippen LogP contribution in [0.5, 0.6) is 11.5 Å². The Kier molecular flexibility index (Phi) is 5.62. The summed E-state index contributed by atoms with van der Waals surface area (Å²) in [4.78, 5) is 2.28. The summed E-state index contributed by atoms with van der Waals surface area (Å²) >= 11 is 3.25. The van der Waals surface area contributed by atoms with E-state index >= 15 is 0 Å². The van der Waals surface area contributed by atoms with Gasteiger partial charge in [-0.25, -0.2) is 4.83 Å². The number of hydrazone groups is 1. The van der Waals surface area contributed by atoms with Gasteiger partial charge in [0.1, 0.15) is 0 Å². The molecular formula is C15H15BrN2O4S. The number of hydrogen-bond acceptors (Lipinski definition) is 5. The second kappa shape index (κ2) is 7.47. The quantitative estimate of drug-likeness (QED) is 0.599. The molecule has 6 nitrogen and oxygen atoms in total. The van der Waals surface area contributed by atoms with Crippen LogP contribution >= 0.6 is 15.9 Å². The molecule has 0 atom stereocenters. The number of rotatable bonds is 6. The Balaban J connectivity index is 2.20. The molecule has 1 N–H and O–H groups in total. The number of halogens is 1. The molecule has 2 aromatic carbocycles. The van der Waals surface area contributed by atoms with Crippen LogP contribution in [0.4, 0.5) is 0 Å². The first-order valence-corrected chi connectivity index (χ1v) is 8.77. The highest BCUT2D eigenvalue weighted by atomic mass is 79.9. The summed E-state index contributed by atoms with van der Waals surface area (Å²) in [6.45, 7) is 0. The molecular weight excluding hydrogens is 384 g/mol. The summed E-state index contributed by atoms with van der Waals surface area (Å²) < 4.78 is 35.4. The molecule has 0 amide bonds. The second-order valence-electron chi connectivity index (χ2n) is 4.39. The van der Waals surface area contributed by atoms with Crippen LogP contribution in [0, 0.1) is 0 Å². The number of nitrogens with one attached hydrogen (secondary N) is 1. The third kappa shape index (κ3) is 4.23. The zero-order valence-corrected chi connectivity index (χ0v) is 14.9. The van der Waals surface area contributed by atoms with Crippen molar-refractivity contribution in [2.24, 2.45) is 5.10 Å². The molecule has 122 valence electrons. The van der Waals surface area contributed by atoms with Gasteiger partial charge in [-0.2, -0.15) is 13.5 Å². The number of nitrogens with zero attached hydrogens (tertiary/aromatic N) is 1. The zero-order chi connectivity index (χ0) is 16.9. The van der Waals surface area contributed by atoms with E-state index in [4.69, 9.17) is 9.47 Å². The van der Waals surface area contributed by atoms with Gasteiger partial charge in [-0.15, -0.1) is 0 Å². The topological polar surface area (TPSA) is 77.0 Å².